The van der Waals surface area contributed by atoms with Gasteiger partial charge in [-0.25, -0.2) is 13.2 Å². The Balaban J connectivity index is 1.86. The van der Waals surface area contributed by atoms with Crippen molar-refractivity contribution >= 4 is 23.3 Å². The van der Waals surface area contributed by atoms with E-state index in [1.165, 1.54) is 25.1 Å². The number of halogens is 3. The SMILES string of the molecule is CCc1ccc(Nc2c(-c3nnc(NCCNC(C)=O)o3)ccc(F)c2F)c(F)c1. The van der Waals surface area contributed by atoms with Crippen LogP contribution in [0.1, 0.15) is 19.4 Å². The number of benzene rings is 2. The maximum atomic E-state index is 14.5. The van der Waals surface area contributed by atoms with Crippen LogP contribution in [-0.4, -0.2) is 29.2 Å². The molecule has 0 bridgehead atoms. The van der Waals surface area contributed by atoms with Crippen molar-refractivity contribution in [2.45, 2.75) is 20.3 Å². The summed E-state index contributed by atoms with van der Waals surface area (Å²) in [6.45, 7) is 3.92. The van der Waals surface area contributed by atoms with Crippen molar-refractivity contribution < 1.29 is 22.4 Å². The minimum absolute atomic E-state index is 0.0221. The zero-order valence-electron chi connectivity index (χ0n) is 16.4. The fourth-order valence-corrected chi connectivity index (χ4v) is 2.68. The first kappa shape index (κ1) is 21.2. The molecule has 7 nitrogen and oxygen atoms in total. The van der Waals surface area contributed by atoms with Crippen LogP contribution in [0.15, 0.2) is 34.7 Å². The van der Waals surface area contributed by atoms with Crippen LogP contribution < -0.4 is 16.0 Å². The average molecular weight is 419 g/mol. The van der Waals surface area contributed by atoms with E-state index in [4.69, 9.17) is 4.42 Å². The van der Waals surface area contributed by atoms with Crippen molar-refractivity contribution in [3.05, 3.63) is 53.3 Å². The summed E-state index contributed by atoms with van der Waals surface area (Å²) in [6.07, 6.45) is 0.635. The van der Waals surface area contributed by atoms with Crippen molar-refractivity contribution in [1.29, 1.82) is 0 Å². The van der Waals surface area contributed by atoms with E-state index in [-0.39, 0.29) is 34.8 Å². The second-order valence-corrected chi connectivity index (χ2v) is 6.40. The second kappa shape index (κ2) is 9.29. The predicted octanol–water partition coefficient (Wildman–Crippen LogP) is 4.01. The molecular formula is C20H20F3N5O2. The van der Waals surface area contributed by atoms with Crippen molar-refractivity contribution in [1.82, 2.24) is 15.5 Å². The van der Waals surface area contributed by atoms with E-state index in [1.807, 2.05) is 6.92 Å². The molecule has 0 saturated heterocycles. The maximum absolute atomic E-state index is 14.5. The smallest absolute Gasteiger partial charge is 0.315 e. The minimum Gasteiger partial charge on any atom is -0.403 e. The topological polar surface area (TPSA) is 92.1 Å². The Bertz CT molecular complexity index is 1050. The third kappa shape index (κ3) is 4.88. The van der Waals surface area contributed by atoms with Gasteiger partial charge < -0.3 is 20.4 Å². The van der Waals surface area contributed by atoms with Crippen molar-refractivity contribution in [3.63, 3.8) is 0 Å². The molecule has 3 rings (SSSR count). The number of hydrogen-bond acceptors (Lipinski definition) is 6. The fraction of sp³-hybridized carbons (Fsp3) is 0.250. The van der Waals surface area contributed by atoms with Gasteiger partial charge in [0.25, 0.3) is 5.89 Å². The Morgan fingerprint density at radius 2 is 1.87 bits per heavy atom. The quantitative estimate of drug-likeness (QED) is 0.478. The lowest BCUT2D eigenvalue weighted by Gasteiger charge is -2.13. The molecule has 0 radical (unpaired) electrons. The van der Waals surface area contributed by atoms with Gasteiger partial charge in [0.15, 0.2) is 11.6 Å². The van der Waals surface area contributed by atoms with Gasteiger partial charge in [-0.3, -0.25) is 4.79 Å². The first-order valence-corrected chi connectivity index (χ1v) is 9.24. The van der Waals surface area contributed by atoms with E-state index in [0.29, 0.717) is 19.5 Å². The van der Waals surface area contributed by atoms with Gasteiger partial charge >= 0.3 is 6.01 Å². The number of amides is 1. The first-order chi connectivity index (χ1) is 14.4. The summed E-state index contributed by atoms with van der Waals surface area (Å²) in [5.41, 5.74) is 0.484. The van der Waals surface area contributed by atoms with E-state index < -0.39 is 17.5 Å². The molecule has 2 aromatic carbocycles. The second-order valence-electron chi connectivity index (χ2n) is 6.40. The number of aryl methyl sites for hydroxylation is 1. The molecule has 10 heteroatoms. The molecule has 0 aliphatic rings. The van der Waals surface area contributed by atoms with E-state index in [1.54, 1.807) is 6.07 Å². The number of carbonyl (C=O) groups is 1. The zero-order valence-corrected chi connectivity index (χ0v) is 16.4. The van der Waals surface area contributed by atoms with Crippen molar-refractivity contribution in [3.8, 4) is 11.5 Å². The summed E-state index contributed by atoms with van der Waals surface area (Å²) in [5, 5.41) is 15.6. The summed E-state index contributed by atoms with van der Waals surface area (Å²) >= 11 is 0. The van der Waals surface area contributed by atoms with E-state index in [2.05, 4.69) is 26.1 Å². The van der Waals surface area contributed by atoms with Gasteiger partial charge in [-0.1, -0.05) is 18.1 Å². The molecular weight excluding hydrogens is 399 g/mol. The highest BCUT2D eigenvalue weighted by Crippen LogP contribution is 2.34. The minimum atomic E-state index is -1.20. The standard InChI is InChI=1S/C20H20F3N5O2/c1-3-12-4-7-16(15(22)10-12)26-18-13(5-6-14(21)17(18)23)19-27-28-20(30-19)25-9-8-24-11(2)29/h4-7,10,26H,3,8-9H2,1-2H3,(H,24,29)(H,25,28). The number of anilines is 3. The molecule has 0 spiro atoms. The van der Waals surface area contributed by atoms with E-state index in [0.717, 1.165) is 11.6 Å². The maximum Gasteiger partial charge on any atom is 0.315 e. The normalized spacial score (nSPS) is 10.7. The molecule has 30 heavy (non-hydrogen) atoms. The van der Waals surface area contributed by atoms with Gasteiger partial charge in [0.2, 0.25) is 5.91 Å². The summed E-state index contributed by atoms with van der Waals surface area (Å²) in [7, 11) is 0. The molecule has 0 aliphatic carbocycles. The summed E-state index contributed by atoms with van der Waals surface area (Å²) < 4.78 is 48.2. The van der Waals surface area contributed by atoms with Crippen molar-refractivity contribution in [2.24, 2.45) is 0 Å². The Morgan fingerprint density at radius 1 is 1.07 bits per heavy atom. The predicted molar refractivity (Wildman–Crippen MR) is 106 cm³/mol. The number of carbonyl (C=O) groups excluding carboxylic acids is 1. The van der Waals surface area contributed by atoms with Gasteiger partial charge in [-0.2, -0.15) is 0 Å². The zero-order chi connectivity index (χ0) is 21.7. The number of aromatic nitrogens is 2. The summed E-state index contributed by atoms with van der Waals surface area (Å²) in [5.74, 6) is -3.19. The molecule has 1 heterocycles. The van der Waals surface area contributed by atoms with Crippen molar-refractivity contribution in [2.75, 3.05) is 23.7 Å². The molecule has 0 aliphatic heterocycles. The molecule has 0 fully saturated rings. The molecule has 3 N–H and O–H groups in total. The molecule has 0 saturated carbocycles. The van der Waals surface area contributed by atoms with Gasteiger partial charge in [-0.05, 0) is 36.2 Å². The Kier molecular flexibility index (Phi) is 6.55. The van der Waals surface area contributed by atoms with Crippen LogP contribution in [0.5, 0.6) is 0 Å². The van der Waals surface area contributed by atoms with Crippen LogP contribution in [0.2, 0.25) is 0 Å². The Labute approximate surface area is 170 Å². The van der Waals surface area contributed by atoms with Crippen LogP contribution in [-0.2, 0) is 11.2 Å². The fourth-order valence-electron chi connectivity index (χ4n) is 2.68. The third-order valence-corrected chi connectivity index (χ3v) is 4.23. The van der Waals surface area contributed by atoms with Crippen LogP contribution in [0, 0.1) is 17.5 Å². The average Bonchev–Trinajstić information content (AvgIpc) is 3.18. The lowest BCUT2D eigenvalue weighted by atomic mass is 10.1. The molecule has 1 aromatic heterocycles. The highest BCUT2D eigenvalue weighted by molar-refractivity contribution is 5.78. The van der Waals surface area contributed by atoms with E-state index >= 15 is 0 Å². The number of hydrogen-bond donors (Lipinski definition) is 3. The largest absolute Gasteiger partial charge is 0.403 e. The lowest BCUT2D eigenvalue weighted by molar-refractivity contribution is -0.118. The summed E-state index contributed by atoms with van der Waals surface area (Å²) in [6, 6.07) is 6.67. The molecule has 0 unspecified atom stereocenters. The third-order valence-electron chi connectivity index (χ3n) is 4.23. The monoisotopic (exact) mass is 419 g/mol. The molecule has 158 valence electrons. The summed E-state index contributed by atoms with van der Waals surface area (Å²) in [4.78, 5) is 10.9. The van der Waals surface area contributed by atoms with Crippen LogP contribution >= 0.6 is 0 Å². The number of nitrogens with one attached hydrogen (secondary N) is 3. The highest BCUT2D eigenvalue weighted by Gasteiger charge is 2.20. The van der Waals surface area contributed by atoms with Crippen LogP contribution in [0.25, 0.3) is 11.5 Å². The Morgan fingerprint density at radius 3 is 2.57 bits per heavy atom. The molecule has 0 atom stereocenters. The van der Waals surface area contributed by atoms with Gasteiger partial charge in [0, 0.05) is 20.0 Å². The van der Waals surface area contributed by atoms with Gasteiger partial charge in [0.05, 0.1) is 16.9 Å². The van der Waals surface area contributed by atoms with Crippen LogP contribution in [0.4, 0.5) is 30.6 Å². The molecule has 3 aromatic rings. The number of nitrogens with zero attached hydrogens (tertiary/aromatic N) is 2. The number of rotatable bonds is 8. The van der Waals surface area contributed by atoms with Gasteiger partial charge in [0.1, 0.15) is 5.82 Å². The first-order valence-electron chi connectivity index (χ1n) is 9.24. The highest BCUT2D eigenvalue weighted by atomic mass is 19.2. The lowest BCUT2D eigenvalue weighted by Crippen LogP contribution is -2.26. The molecule has 1 amide bonds. The Hall–Kier alpha value is -3.56. The van der Waals surface area contributed by atoms with E-state index in [9.17, 15) is 18.0 Å². The van der Waals surface area contributed by atoms with Crippen LogP contribution in [0.3, 0.4) is 0 Å². The van der Waals surface area contributed by atoms with Gasteiger partial charge in [-0.15, -0.1) is 5.10 Å².